The van der Waals surface area contributed by atoms with Crippen molar-refractivity contribution in [3.63, 3.8) is 0 Å². The van der Waals surface area contributed by atoms with Gasteiger partial charge < -0.3 is 20.1 Å². The van der Waals surface area contributed by atoms with Crippen LogP contribution in [0.2, 0.25) is 0 Å². The number of nitrogens with two attached hydrogens (primary N) is 1. The second-order valence-corrected chi connectivity index (χ2v) is 6.27. The Hall–Kier alpha value is -2.53. The summed E-state index contributed by atoms with van der Waals surface area (Å²) < 4.78 is 10.9. The van der Waals surface area contributed by atoms with Gasteiger partial charge in [-0.25, -0.2) is 0 Å². The maximum atomic E-state index is 12.0. The van der Waals surface area contributed by atoms with Crippen LogP contribution in [0.3, 0.4) is 0 Å². The zero-order valence-corrected chi connectivity index (χ0v) is 15.6. The maximum absolute atomic E-state index is 12.0. The molecule has 1 amide bonds. The Balaban J connectivity index is 1.57. The van der Waals surface area contributed by atoms with E-state index < -0.39 is 0 Å². The van der Waals surface area contributed by atoms with Gasteiger partial charge in [-0.1, -0.05) is 42.5 Å². The molecule has 5 heteroatoms. The molecule has 0 unspecified atom stereocenters. The van der Waals surface area contributed by atoms with Gasteiger partial charge in [-0.3, -0.25) is 4.79 Å². The number of nitrogens with one attached hydrogen (secondary N) is 1. The Morgan fingerprint density at radius 3 is 2.50 bits per heavy atom. The summed E-state index contributed by atoms with van der Waals surface area (Å²) in [6, 6.07) is 18.1. The lowest BCUT2D eigenvalue weighted by Crippen LogP contribution is -2.87. The van der Waals surface area contributed by atoms with Crippen molar-refractivity contribution in [2.75, 3.05) is 26.8 Å². The molecule has 140 valence electrons. The predicted octanol–water partition coefficient (Wildman–Crippen LogP) is 1.77. The third-order valence-electron chi connectivity index (χ3n) is 4.09. The number of ether oxygens (including phenoxy) is 2. The van der Waals surface area contributed by atoms with Crippen molar-refractivity contribution in [1.82, 2.24) is 5.32 Å². The van der Waals surface area contributed by atoms with Gasteiger partial charge >= 0.3 is 0 Å². The van der Waals surface area contributed by atoms with E-state index in [-0.39, 0.29) is 11.9 Å². The standard InChI is InChI=1S/C21H28N2O3/c1-17(12-13-18-8-4-3-5-9-18)23-21(24)16-22-14-15-26-20-11-7-6-10-19(20)25-2/h3-11,17,22H,12-16H2,1-2H3,(H,23,24)/p+1/t17-/m1/s1. The number of carbonyl (C=O) groups excluding carboxylic acids is 1. The van der Waals surface area contributed by atoms with Crippen LogP contribution in [0.4, 0.5) is 0 Å². The van der Waals surface area contributed by atoms with Gasteiger partial charge in [0.15, 0.2) is 18.0 Å². The van der Waals surface area contributed by atoms with Crippen LogP contribution in [-0.4, -0.2) is 38.8 Å². The first-order valence-electron chi connectivity index (χ1n) is 9.10. The summed E-state index contributed by atoms with van der Waals surface area (Å²) in [5.41, 5.74) is 1.30. The van der Waals surface area contributed by atoms with Crippen molar-refractivity contribution in [3.8, 4) is 11.5 Å². The number of rotatable bonds is 11. The summed E-state index contributed by atoms with van der Waals surface area (Å²) in [5.74, 6) is 1.50. The molecule has 3 N–H and O–H groups in total. The van der Waals surface area contributed by atoms with E-state index in [4.69, 9.17) is 9.47 Å². The number of para-hydroxylation sites is 2. The number of amides is 1. The van der Waals surface area contributed by atoms with E-state index in [1.165, 1.54) is 5.56 Å². The lowest BCUT2D eigenvalue weighted by atomic mass is 10.1. The quantitative estimate of drug-likeness (QED) is 0.603. The smallest absolute Gasteiger partial charge is 0.275 e. The van der Waals surface area contributed by atoms with E-state index in [1.54, 1.807) is 7.11 Å². The number of carbonyl (C=O) groups is 1. The van der Waals surface area contributed by atoms with Crippen LogP contribution >= 0.6 is 0 Å². The predicted molar refractivity (Wildman–Crippen MR) is 103 cm³/mol. The maximum Gasteiger partial charge on any atom is 0.275 e. The molecule has 0 aliphatic carbocycles. The molecule has 0 aliphatic heterocycles. The van der Waals surface area contributed by atoms with Gasteiger partial charge in [0, 0.05) is 6.04 Å². The summed E-state index contributed by atoms with van der Waals surface area (Å²) in [7, 11) is 1.62. The molecule has 0 heterocycles. The van der Waals surface area contributed by atoms with Crippen molar-refractivity contribution in [1.29, 1.82) is 0 Å². The van der Waals surface area contributed by atoms with Gasteiger partial charge in [-0.2, -0.15) is 0 Å². The first-order valence-corrected chi connectivity index (χ1v) is 9.10. The highest BCUT2D eigenvalue weighted by atomic mass is 16.5. The van der Waals surface area contributed by atoms with Gasteiger partial charge in [0.05, 0.1) is 7.11 Å². The molecule has 2 aromatic carbocycles. The highest BCUT2D eigenvalue weighted by Gasteiger charge is 2.09. The van der Waals surface area contributed by atoms with Gasteiger partial charge in [-0.15, -0.1) is 0 Å². The first kappa shape index (κ1) is 19.8. The number of hydrogen-bond donors (Lipinski definition) is 2. The number of aryl methyl sites for hydroxylation is 1. The Kier molecular flexibility index (Phi) is 8.49. The molecule has 0 aromatic heterocycles. The zero-order valence-electron chi connectivity index (χ0n) is 15.6. The van der Waals surface area contributed by atoms with Crippen LogP contribution in [0.1, 0.15) is 18.9 Å². The summed E-state index contributed by atoms with van der Waals surface area (Å²) in [6.07, 6.45) is 1.91. The molecule has 0 saturated heterocycles. The van der Waals surface area contributed by atoms with Crippen LogP contribution in [-0.2, 0) is 11.2 Å². The largest absolute Gasteiger partial charge is 0.493 e. The molecular weight excluding hydrogens is 328 g/mol. The SMILES string of the molecule is COc1ccccc1OCC[NH2+]CC(=O)N[C@H](C)CCc1ccccc1. The molecule has 2 rings (SSSR count). The molecule has 2 aromatic rings. The van der Waals surface area contributed by atoms with Crippen LogP contribution in [0.15, 0.2) is 54.6 Å². The molecule has 1 atom stereocenters. The fourth-order valence-corrected chi connectivity index (χ4v) is 2.66. The van der Waals surface area contributed by atoms with E-state index >= 15 is 0 Å². The highest BCUT2D eigenvalue weighted by molar-refractivity contribution is 5.76. The van der Waals surface area contributed by atoms with Gasteiger partial charge in [0.2, 0.25) is 0 Å². The Labute approximate surface area is 155 Å². The normalized spacial score (nSPS) is 11.6. The minimum Gasteiger partial charge on any atom is -0.493 e. The average molecular weight is 357 g/mol. The van der Waals surface area contributed by atoms with Crippen LogP contribution in [0.25, 0.3) is 0 Å². The minimum atomic E-state index is 0.0582. The van der Waals surface area contributed by atoms with Gasteiger partial charge in [0.1, 0.15) is 13.2 Å². The van der Waals surface area contributed by atoms with E-state index in [0.29, 0.717) is 19.7 Å². The van der Waals surface area contributed by atoms with E-state index in [1.807, 2.05) is 54.7 Å². The fraction of sp³-hybridized carbons (Fsp3) is 0.381. The Bertz CT molecular complexity index is 661. The van der Waals surface area contributed by atoms with Gasteiger partial charge in [0.25, 0.3) is 5.91 Å². The Morgan fingerprint density at radius 1 is 1.08 bits per heavy atom. The molecule has 26 heavy (non-hydrogen) atoms. The number of benzene rings is 2. The fourth-order valence-electron chi connectivity index (χ4n) is 2.66. The second kappa shape index (κ2) is 11.2. The minimum absolute atomic E-state index is 0.0582. The summed E-state index contributed by atoms with van der Waals surface area (Å²) >= 11 is 0. The van der Waals surface area contributed by atoms with E-state index in [0.717, 1.165) is 24.3 Å². The van der Waals surface area contributed by atoms with Crippen molar-refractivity contribution >= 4 is 5.91 Å². The third-order valence-corrected chi connectivity index (χ3v) is 4.09. The molecule has 0 fully saturated rings. The Morgan fingerprint density at radius 2 is 1.77 bits per heavy atom. The monoisotopic (exact) mass is 357 g/mol. The molecule has 0 saturated carbocycles. The highest BCUT2D eigenvalue weighted by Crippen LogP contribution is 2.25. The molecular formula is C21H29N2O3+. The number of quaternary nitrogens is 1. The van der Waals surface area contributed by atoms with Gasteiger partial charge in [-0.05, 0) is 37.5 Å². The van der Waals surface area contributed by atoms with E-state index in [9.17, 15) is 4.79 Å². The van der Waals surface area contributed by atoms with Crippen molar-refractivity contribution in [2.24, 2.45) is 0 Å². The summed E-state index contributed by atoms with van der Waals surface area (Å²) in [4.78, 5) is 12.0. The zero-order chi connectivity index (χ0) is 18.6. The summed E-state index contributed by atoms with van der Waals surface area (Å²) in [5, 5.41) is 5.00. The van der Waals surface area contributed by atoms with Crippen molar-refractivity contribution in [3.05, 3.63) is 60.2 Å². The van der Waals surface area contributed by atoms with Crippen LogP contribution < -0.4 is 20.1 Å². The molecule has 0 aliphatic rings. The topological polar surface area (TPSA) is 64.2 Å². The third kappa shape index (κ3) is 7.15. The van der Waals surface area contributed by atoms with Crippen LogP contribution in [0.5, 0.6) is 11.5 Å². The average Bonchev–Trinajstić information content (AvgIpc) is 2.67. The number of hydrogen-bond acceptors (Lipinski definition) is 3. The second-order valence-electron chi connectivity index (χ2n) is 6.27. The molecule has 0 radical (unpaired) electrons. The molecule has 5 nitrogen and oxygen atoms in total. The molecule has 0 bridgehead atoms. The summed E-state index contributed by atoms with van der Waals surface area (Å²) in [6.45, 7) is 3.69. The van der Waals surface area contributed by atoms with E-state index in [2.05, 4.69) is 17.4 Å². The first-order chi connectivity index (χ1) is 12.7. The van der Waals surface area contributed by atoms with Crippen molar-refractivity contribution in [2.45, 2.75) is 25.8 Å². The lowest BCUT2D eigenvalue weighted by Gasteiger charge is -2.13. The number of methoxy groups -OCH3 is 1. The molecule has 0 spiro atoms. The van der Waals surface area contributed by atoms with Crippen molar-refractivity contribution < 1.29 is 19.6 Å². The van der Waals surface area contributed by atoms with Crippen LogP contribution in [0, 0.1) is 0 Å². The lowest BCUT2D eigenvalue weighted by molar-refractivity contribution is -0.644.